The lowest BCUT2D eigenvalue weighted by Gasteiger charge is -2.07. The van der Waals surface area contributed by atoms with Gasteiger partial charge in [0.15, 0.2) is 5.78 Å². The first-order valence-corrected chi connectivity index (χ1v) is 6.75. The number of esters is 1. The monoisotopic (exact) mass is 286 g/mol. The maximum Gasteiger partial charge on any atom is 0.306 e. The zero-order valence-electron chi connectivity index (χ0n) is 10.8. The summed E-state index contributed by atoms with van der Waals surface area (Å²) in [5.74, 6) is -0.0366. The van der Waals surface area contributed by atoms with Crippen molar-refractivity contribution in [3.8, 4) is 5.75 Å². The Kier molecular flexibility index (Phi) is 6.35. The molecular formula is C13H15FO4S. The molecule has 0 fully saturated rings. The highest BCUT2D eigenvalue weighted by Crippen LogP contribution is 2.21. The van der Waals surface area contributed by atoms with Gasteiger partial charge in [-0.15, -0.1) is 0 Å². The molecule has 0 aliphatic carbocycles. The number of Topliss-reactive ketones (excluding diaryl/α,β-unsaturated/α-hetero) is 1. The van der Waals surface area contributed by atoms with Crippen molar-refractivity contribution in [2.75, 3.05) is 25.7 Å². The molecule has 19 heavy (non-hydrogen) atoms. The van der Waals surface area contributed by atoms with Gasteiger partial charge in [-0.3, -0.25) is 9.59 Å². The lowest BCUT2D eigenvalue weighted by Crippen LogP contribution is -2.07. The highest BCUT2D eigenvalue weighted by Gasteiger charge is 2.13. The SMILES string of the molecule is COC(=O)CCSCC(=O)c1cc(F)ccc1OC. The minimum Gasteiger partial charge on any atom is -0.496 e. The maximum absolute atomic E-state index is 13.1. The van der Waals surface area contributed by atoms with E-state index in [-0.39, 0.29) is 29.5 Å². The van der Waals surface area contributed by atoms with E-state index in [1.807, 2.05) is 0 Å². The minimum absolute atomic E-state index is 0.163. The molecule has 0 bridgehead atoms. The van der Waals surface area contributed by atoms with Crippen molar-refractivity contribution < 1.29 is 23.5 Å². The molecule has 0 unspecified atom stereocenters. The van der Waals surface area contributed by atoms with Gasteiger partial charge in [-0.25, -0.2) is 4.39 Å². The molecule has 1 rings (SSSR count). The van der Waals surface area contributed by atoms with Crippen molar-refractivity contribution >= 4 is 23.5 Å². The molecule has 104 valence electrons. The Labute approximate surface area is 115 Å². The molecule has 0 radical (unpaired) electrons. The van der Waals surface area contributed by atoms with Crippen molar-refractivity contribution in [3.63, 3.8) is 0 Å². The first kappa shape index (κ1) is 15.5. The van der Waals surface area contributed by atoms with E-state index in [1.165, 1.54) is 38.1 Å². The van der Waals surface area contributed by atoms with Crippen LogP contribution in [0.25, 0.3) is 0 Å². The number of hydrogen-bond donors (Lipinski definition) is 0. The molecule has 0 spiro atoms. The van der Waals surface area contributed by atoms with Crippen LogP contribution in [0.5, 0.6) is 5.75 Å². The van der Waals surface area contributed by atoms with Crippen molar-refractivity contribution in [3.05, 3.63) is 29.6 Å². The summed E-state index contributed by atoms with van der Waals surface area (Å²) < 4.78 is 22.6. The third kappa shape index (κ3) is 4.90. The van der Waals surface area contributed by atoms with Crippen molar-refractivity contribution in [2.45, 2.75) is 6.42 Å². The van der Waals surface area contributed by atoms with Gasteiger partial charge in [0.05, 0.1) is 32.0 Å². The number of methoxy groups -OCH3 is 2. The Bertz CT molecular complexity index is 462. The largest absolute Gasteiger partial charge is 0.496 e. The Morgan fingerprint density at radius 3 is 2.68 bits per heavy atom. The quantitative estimate of drug-likeness (QED) is 0.437. The smallest absolute Gasteiger partial charge is 0.306 e. The van der Waals surface area contributed by atoms with Crippen LogP contribution in [-0.2, 0) is 9.53 Å². The summed E-state index contributed by atoms with van der Waals surface area (Å²) in [5, 5.41) is 0. The molecular weight excluding hydrogens is 271 g/mol. The van der Waals surface area contributed by atoms with Crippen LogP contribution < -0.4 is 4.74 Å². The van der Waals surface area contributed by atoms with E-state index in [2.05, 4.69) is 4.74 Å². The van der Waals surface area contributed by atoms with Gasteiger partial charge >= 0.3 is 5.97 Å². The predicted octanol–water partition coefficient (Wildman–Crippen LogP) is 2.31. The fraction of sp³-hybridized carbons (Fsp3) is 0.385. The Balaban J connectivity index is 2.54. The molecule has 0 N–H and O–H groups in total. The Morgan fingerprint density at radius 2 is 2.05 bits per heavy atom. The number of ketones is 1. The first-order chi connectivity index (χ1) is 9.08. The van der Waals surface area contributed by atoms with E-state index in [0.29, 0.717) is 11.5 Å². The van der Waals surface area contributed by atoms with E-state index in [9.17, 15) is 14.0 Å². The topological polar surface area (TPSA) is 52.6 Å². The molecule has 0 heterocycles. The van der Waals surface area contributed by atoms with Crippen molar-refractivity contribution in [1.82, 2.24) is 0 Å². The predicted molar refractivity (Wildman–Crippen MR) is 71.2 cm³/mol. The van der Waals surface area contributed by atoms with Crippen LogP contribution >= 0.6 is 11.8 Å². The molecule has 1 aromatic carbocycles. The van der Waals surface area contributed by atoms with E-state index < -0.39 is 5.82 Å². The second kappa shape index (κ2) is 7.78. The third-order valence-electron chi connectivity index (χ3n) is 2.37. The van der Waals surface area contributed by atoms with Crippen molar-refractivity contribution in [1.29, 1.82) is 0 Å². The second-order valence-electron chi connectivity index (χ2n) is 3.65. The fourth-order valence-corrected chi connectivity index (χ4v) is 2.19. The van der Waals surface area contributed by atoms with Crippen LogP contribution in [0.1, 0.15) is 16.8 Å². The van der Waals surface area contributed by atoms with Crippen LogP contribution in [0.3, 0.4) is 0 Å². The normalized spacial score (nSPS) is 10.1. The molecule has 6 heteroatoms. The van der Waals surface area contributed by atoms with E-state index >= 15 is 0 Å². The standard InChI is InChI=1S/C13H15FO4S/c1-17-12-4-3-9(14)7-10(12)11(15)8-19-6-5-13(16)18-2/h3-4,7H,5-6,8H2,1-2H3. The fourth-order valence-electron chi connectivity index (χ4n) is 1.40. The summed E-state index contributed by atoms with van der Waals surface area (Å²) in [6.07, 6.45) is 0.245. The number of carbonyl (C=O) groups is 2. The zero-order valence-corrected chi connectivity index (χ0v) is 11.6. The summed E-state index contributed by atoms with van der Waals surface area (Å²) in [7, 11) is 2.74. The summed E-state index contributed by atoms with van der Waals surface area (Å²) in [6, 6.07) is 3.81. The molecule has 0 saturated carbocycles. The second-order valence-corrected chi connectivity index (χ2v) is 4.75. The summed E-state index contributed by atoms with van der Waals surface area (Å²) >= 11 is 1.30. The molecule has 0 aliphatic rings. The van der Waals surface area contributed by atoms with Crippen LogP contribution in [0.15, 0.2) is 18.2 Å². The lowest BCUT2D eigenvalue weighted by molar-refractivity contribution is -0.140. The van der Waals surface area contributed by atoms with Gasteiger partial charge in [0.1, 0.15) is 11.6 Å². The van der Waals surface area contributed by atoms with Gasteiger partial charge in [-0.2, -0.15) is 11.8 Å². The number of rotatable bonds is 7. The number of ether oxygens (including phenoxy) is 2. The Morgan fingerprint density at radius 1 is 1.32 bits per heavy atom. The van der Waals surface area contributed by atoms with Crippen LogP contribution in [-0.4, -0.2) is 37.5 Å². The van der Waals surface area contributed by atoms with E-state index in [4.69, 9.17) is 4.74 Å². The minimum atomic E-state index is -0.483. The summed E-state index contributed by atoms with van der Waals surface area (Å²) in [5.41, 5.74) is 0.216. The van der Waals surface area contributed by atoms with Crippen LogP contribution in [0.4, 0.5) is 4.39 Å². The lowest BCUT2D eigenvalue weighted by atomic mass is 10.1. The van der Waals surface area contributed by atoms with Gasteiger partial charge in [0.25, 0.3) is 0 Å². The zero-order chi connectivity index (χ0) is 14.3. The average Bonchev–Trinajstić information content (AvgIpc) is 2.42. The number of benzene rings is 1. The molecule has 0 aromatic heterocycles. The maximum atomic E-state index is 13.1. The third-order valence-corrected chi connectivity index (χ3v) is 3.33. The summed E-state index contributed by atoms with van der Waals surface area (Å²) in [6.45, 7) is 0. The molecule has 0 atom stereocenters. The van der Waals surface area contributed by atoms with Crippen molar-refractivity contribution in [2.24, 2.45) is 0 Å². The van der Waals surface area contributed by atoms with Crippen LogP contribution in [0.2, 0.25) is 0 Å². The molecule has 4 nitrogen and oxygen atoms in total. The van der Waals surface area contributed by atoms with Gasteiger partial charge in [0.2, 0.25) is 0 Å². The molecule has 0 aliphatic heterocycles. The molecule has 0 saturated heterocycles. The van der Waals surface area contributed by atoms with Gasteiger partial charge in [-0.05, 0) is 18.2 Å². The number of carbonyl (C=O) groups excluding carboxylic acids is 2. The molecule has 1 aromatic rings. The number of halogens is 1. The van der Waals surface area contributed by atoms with Gasteiger partial charge in [0, 0.05) is 5.75 Å². The average molecular weight is 286 g/mol. The summed E-state index contributed by atoms with van der Waals surface area (Å²) in [4.78, 5) is 22.8. The highest BCUT2D eigenvalue weighted by atomic mass is 32.2. The van der Waals surface area contributed by atoms with E-state index in [0.717, 1.165) is 6.07 Å². The van der Waals surface area contributed by atoms with Gasteiger partial charge in [-0.1, -0.05) is 0 Å². The van der Waals surface area contributed by atoms with E-state index in [1.54, 1.807) is 0 Å². The number of thioether (sulfide) groups is 1. The highest BCUT2D eigenvalue weighted by molar-refractivity contribution is 8.00. The Hall–Kier alpha value is -1.56. The van der Waals surface area contributed by atoms with Gasteiger partial charge < -0.3 is 9.47 Å². The molecule has 0 amide bonds. The first-order valence-electron chi connectivity index (χ1n) is 5.59. The number of hydrogen-bond acceptors (Lipinski definition) is 5. The van der Waals surface area contributed by atoms with Crippen LogP contribution in [0, 0.1) is 5.82 Å².